The van der Waals surface area contributed by atoms with Gasteiger partial charge in [-0.2, -0.15) is 5.10 Å². The van der Waals surface area contributed by atoms with Crippen molar-refractivity contribution in [2.45, 2.75) is 13.5 Å². The van der Waals surface area contributed by atoms with Crippen molar-refractivity contribution in [1.29, 1.82) is 0 Å². The lowest BCUT2D eigenvalue weighted by Crippen LogP contribution is -2.02. The Labute approximate surface area is 114 Å². The van der Waals surface area contributed by atoms with Crippen LogP contribution < -0.4 is 5.32 Å². The van der Waals surface area contributed by atoms with E-state index in [4.69, 9.17) is 0 Å². The molecule has 0 fully saturated rings. The molecule has 1 N–H and O–H groups in total. The molecule has 7 heteroatoms. The van der Waals surface area contributed by atoms with E-state index in [1.807, 2.05) is 6.07 Å². The maximum Gasteiger partial charge on any atom is 0.205 e. The second-order valence-corrected chi connectivity index (χ2v) is 4.89. The van der Waals surface area contributed by atoms with E-state index in [1.165, 1.54) is 23.2 Å². The number of hydrogen-bond acceptors (Lipinski definition) is 6. The summed E-state index contributed by atoms with van der Waals surface area (Å²) in [5.41, 5.74) is 5.09. The summed E-state index contributed by atoms with van der Waals surface area (Å²) in [4.78, 5) is 3.96. The molecule has 2 heterocycles. The topological polar surface area (TPSA) is 68.5 Å². The number of benzene rings is 1. The molecule has 0 spiro atoms. The molecule has 0 radical (unpaired) electrons. The van der Waals surface area contributed by atoms with Gasteiger partial charge in [-0.15, -0.1) is 10.2 Å². The van der Waals surface area contributed by atoms with Crippen LogP contribution in [0.25, 0.3) is 5.69 Å². The Morgan fingerprint density at radius 2 is 2.32 bits per heavy atom. The van der Waals surface area contributed by atoms with Crippen molar-refractivity contribution in [1.82, 2.24) is 25.0 Å². The van der Waals surface area contributed by atoms with Crippen LogP contribution in [0.4, 0.5) is 5.13 Å². The van der Waals surface area contributed by atoms with Crippen molar-refractivity contribution < 1.29 is 0 Å². The minimum atomic E-state index is 0.730. The highest BCUT2D eigenvalue weighted by molar-refractivity contribution is 7.13. The molecule has 96 valence electrons. The van der Waals surface area contributed by atoms with Gasteiger partial charge < -0.3 is 5.32 Å². The Kier molecular flexibility index (Phi) is 3.20. The molecule has 0 atom stereocenters. The number of nitrogens with zero attached hydrogens (tertiary/aromatic N) is 5. The third kappa shape index (κ3) is 2.60. The zero-order chi connectivity index (χ0) is 13.1. The van der Waals surface area contributed by atoms with Gasteiger partial charge in [0.15, 0.2) is 0 Å². The van der Waals surface area contributed by atoms with Crippen LogP contribution in [0.5, 0.6) is 0 Å². The molecule has 3 aromatic rings. The van der Waals surface area contributed by atoms with Crippen molar-refractivity contribution in [2.75, 3.05) is 5.32 Å². The van der Waals surface area contributed by atoms with E-state index in [0.717, 1.165) is 22.9 Å². The summed E-state index contributed by atoms with van der Waals surface area (Å²) in [6.07, 6.45) is 3.23. The average Bonchev–Trinajstić information content (AvgIpc) is 3.10. The third-order valence-corrected chi connectivity index (χ3v) is 3.38. The third-order valence-electron chi connectivity index (χ3n) is 2.73. The molecule has 0 bridgehead atoms. The second-order valence-electron chi connectivity index (χ2n) is 4.06. The Bertz CT molecular complexity index is 647. The van der Waals surface area contributed by atoms with Crippen LogP contribution in [-0.4, -0.2) is 25.0 Å². The van der Waals surface area contributed by atoms with Gasteiger partial charge in [0.2, 0.25) is 5.13 Å². The molecule has 0 aliphatic rings. The van der Waals surface area contributed by atoms with Gasteiger partial charge >= 0.3 is 0 Å². The predicted octanol–water partition coefficient (Wildman–Crippen LogP) is 2.04. The highest BCUT2D eigenvalue weighted by Crippen LogP contribution is 2.16. The summed E-state index contributed by atoms with van der Waals surface area (Å²) in [5, 5.41) is 15.9. The first-order valence-electron chi connectivity index (χ1n) is 5.77. The fraction of sp³-hybridized carbons (Fsp3) is 0.167. The lowest BCUT2D eigenvalue weighted by atomic mass is 10.1. The van der Waals surface area contributed by atoms with E-state index in [1.54, 1.807) is 16.5 Å². The lowest BCUT2D eigenvalue weighted by Gasteiger charge is -2.08. The summed E-state index contributed by atoms with van der Waals surface area (Å²) in [5.74, 6) is 0. The van der Waals surface area contributed by atoms with E-state index < -0.39 is 0 Å². The molecular weight excluding hydrogens is 260 g/mol. The zero-order valence-corrected chi connectivity index (χ0v) is 11.1. The molecule has 19 heavy (non-hydrogen) atoms. The number of nitrogens with one attached hydrogen (secondary N) is 1. The lowest BCUT2D eigenvalue weighted by molar-refractivity contribution is 0.869. The number of hydrogen-bond donors (Lipinski definition) is 1. The molecule has 0 saturated heterocycles. The van der Waals surface area contributed by atoms with Crippen molar-refractivity contribution in [3.8, 4) is 5.69 Å². The highest BCUT2D eigenvalue weighted by Gasteiger charge is 2.03. The maximum absolute atomic E-state index is 4.14. The number of rotatable bonds is 4. The normalized spacial score (nSPS) is 10.6. The quantitative estimate of drug-likeness (QED) is 0.787. The zero-order valence-electron chi connectivity index (χ0n) is 10.3. The highest BCUT2D eigenvalue weighted by atomic mass is 32.1. The first kappa shape index (κ1) is 11.8. The predicted molar refractivity (Wildman–Crippen MR) is 73.3 cm³/mol. The maximum atomic E-state index is 4.14. The van der Waals surface area contributed by atoms with Crippen molar-refractivity contribution >= 4 is 16.5 Å². The summed E-state index contributed by atoms with van der Waals surface area (Å²) in [6.45, 7) is 2.79. The molecule has 0 unspecified atom stereocenters. The molecule has 0 amide bonds. The Balaban J connectivity index is 1.76. The first-order valence-corrected chi connectivity index (χ1v) is 6.65. The summed E-state index contributed by atoms with van der Waals surface area (Å²) in [6, 6.07) is 6.24. The number of anilines is 1. The molecule has 3 rings (SSSR count). The minimum absolute atomic E-state index is 0.730. The van der Waals surface area contributed by atoms with E-state index in [2.05, 4.69) is 44.7 Å². The van der Waals surface area contributed by atoms with Crippen LogP contribution in [0.2, 0.25) is 0 Å². The fourth-order valence-electron chi connectivity index (χ4n) is 1.84. The van der Waals surface area contributed by atoms with Gasteiger partial charge in [-0.25, -0.2) is 9.67 Å². The minimum Gasteiger partial charge on any atom is -0.356 e. The van der Waals surface area contributed by atoms with Gasteiger partial charge in [0.05, 0.1) is 5.69 Å². The first-order chi connectivity index (χ1) is 9.33. The standard InChI is InChI=1S/C12H12N6S/c1-9-4-10(5-14-12-17-15-8-19-12)2-3-11(9)18-7-13-6-16-18/h2-4,6-8H,5H2,1H3,(H,14,17). The fourth-order valence-corrected chi connectivity index (χ4v) is 2.29. The van der Waals surface area contributed by atoms with Gasteiger partial charge in [0, 0.05) is 6.54 Å². The smallest absolute Gasteiger partial charge is 0.205 e. The van der Waals surface area contributed by atoms with Crippen LogP contribution in [-0.2, 0) is 6.54 Å². The van der Waals surface area contributed by atoms with E-state index >= 15 is 0 Å². The molecule has 2 aromatic heterocycles. The van der Waals surface area contributed by atoms with Crippen LogP contribution in [0.3, 0.4) is 0 Å². The largest absolute Gasteiger partial charge is 0.356 e. The molecule has 0 aliphatic carbocycles. The van der Waals surface area contributed by atoms with Crippen molar-refractivity contribution in [2.24, 2.45) is 0 Å². The SMILES string of the molecule is Cc1cc(CNc2nncs2)ccc1-n1cncn1. The van der Waals surface area contributed by atoms with Gasteiger partial charge in [-0.05, 0) is 24.1 Å². The van der Waals surface area contributed by atoms with Crippen molar-refractivity contribution in [3.63, 3.8) is 0 Å². The van der Waals surface area contributed by atoms with Gasteiger partial charge in [-0.1, -0.05) is 23.5 Å². The Morgan fingerprint density at radius 1 is 1.37 bits per heavy atom. The molecular formula is C12H12N6S. The van der Waals surface area contributed by atoms with Crippen molar-refractivity contribution in [3.05, 3.63) is 47.5 Å². The molecule has 1 aromatic carbocycles. The van der Waals surface area contributed by atoms with E-state index in [0.29, 0.717) is 0 Å². The molecule has 0 aliphatic heterocycles. The van der Waals surface area contributed by atoms with Crippen LogP contribution in [0, 0.1) is 6.92 Å². The van der Waals surface area contributed by atoms with Crippen LogP contribution in [0.1, 0.15) is 11.1 Å². The van der Waals surface area contributed by atoms with E-state index in [9.17, 15) is 0 Å². The summed E-state index contributed by atoms with van der Waals surface area (Å²) >= 11 is 1.49. The van der Waals surface area contributed by atoms with Crippen LogP contribution >= 0.6 is 11.3 Å². The number of aryl methyl sites for hydroxylation is 1. The van der Waals surface area contributed by atoms with Gasteiger partial charge in [0.25, 0.3) is 0 Å². The summed E-state index contributed by atoms with van der Waals surface area (Å²) in [7, 11) is 0. The molecule has 6 nitrogen and oxygen atoms in total. The van der Waals surface area contributed by atoms with Crippen LogP contribution in [0.15, 0.2) is 36.4 Å². The number of aromatic nitrogens is 5. The van der Waals surface area contributed by atoms with Gasteiger partial charge in [0.1, 0.15) is 18.2 Å². The Morgan fingerprint density at radius 3 is 3.00 bits per heavy atom. The second kappa shape index (κ2) is 5.15. The monoisotopic (exact) mass is 272 g/mol. The molecule has 0 saturated carbocycles. The summed E-state index contributed by atoms with van der Waals surface area (Å²) < 4.78 is 1.76. The average molecular weight is 272 g/mol. The Hall–Kier alpha value is -2.28. The van der Waals surface area contributed by atoms with Gasteiger partial charge in [-0.3, -0.25) is 0 Å². The van der Waals surface area contributed by atoms with E-state index in [-0.39, 0.29) is 0 Å².